The van der Waals surface area contributed by atoms with Crippen molar-refractivity contribution in [2.75, 3.05) is 7.11 Å². The van der Waals surface area contributed by atoms with Crippen LogP contribution in [0.4, 0.5) is 0 Å². The van der Waals surface area contributed by atoms with Gasteiger partial charge in [0.1, 0.15) is 11.6 Å². The third kappa shape index (κ3) is 2.24. The van der Waals surface area contributed by atoms with E-state index in [0.717, 1.165) is 32.6 Å². The zero-order valence-corrected chi connectivity index (χ0v) is 12.3. The van der Waals surface area contributed by atoms with Crippen molar-refractivity contribution in [1.29, 1.82) is 0 Å². The third-order valence-corrected chi connectivity index (χ3v) is 3.55. The molecule has 0 aliphatic rings. The summed E-state index contributed by atoms with van der Waals surface area (Å²) in [6.45, 7) is 2.07. The van der Waals surface area contributed by atoms with E-state index in [1.807, 2.05) is 24.3 Å². The molecule has 3 rings (SSSR count). The molecule has 4 heteroatoms. The van der Waals surface area contributed by atoms with Crippen molar-refractivity contribution >= 4 is 27.0 Å². The highest BCUT2D eigenvalue weighted by molar-refractivity contribution is 9.10. The van der Waals surface area contributed by atoms with Gasteiger partial charge in [-0.1, -0.05) is 22.0 Å². The molecular formula is C15H13BrN2O. The molecule has 19 heavy (non-hydrogen) atoms. The monoisotopic (exact) mass is 316 g/mol. The SMILES string of the molecule is COc1ccc(Br)cc1-c1nc2ccc(C)cc2[nH]1. The number of H-pyrrole nitrogens is 1. The molecule has 1 heterocycles. The second-order valence-electron chi connectivity index (χ2n) is 4.45. The summed E-state index contributed by atoms with van der Waals surface area (Å²) in [5, 5.41) is 0. The number of hydrogen-bond donors (Lipinski definition) is 1. The van der Waals surface area contributed by atoms with Crippen LogP contribution >= 0.6 is 15.9 Å². The van der Waals surface area contributed by atoms with Crippen molar-refractivity contribution in [3.8, 4) is 17.1 Å². The molecule has 1 N–H and O–H groups in total. The zero-order valence-electron chi connectivity index (χ0n) is 10.7. The summed E-state index contributed by atoms with van der Waals surface area (Å²) in [5.41, 5.74) is 4.16. The molecule has 0 saturated carbocycles. The first-order valence-electron chi connectivity index (χ1n) is 5.97. The average molecular weight is 317 g/mol. The molecule has 0 radical (unpaired) electrons. The Morgan fingerprint density at radius 1 is 1.16 bits per heavy atom. The van der Waals surface area contributed by atoms with Crippen LogP contribution in [0, 0.1) is 6.92 Å². The lowest BCUT2D eigenvalue weighted by Crippen LogP contribution is -1.89. The van der Waals surface area contributed by atoms with Crippen molar-refractivity contribution in [3.63, 3.8) is 0 Å². The van der Waals surface area contributed by atoms with Gasteiger partial charge in [0.15, 0.2) is 0 Å². The number of hydrogen-bond acceptors (Lipinski definition) is 2. The molecule has 0 aliphatic carbocycles. The highest BCUT2D eigenvalue weighted by Gasteiger charge is 2.11. The topological polar surface area (TPSA) is 37.9 Å². The van der Waals surface area contributed by atoms with E-state index in [4.69, 9.17) is 4.74 Å². The molecule has 0 saturated heterocycles. The highest BCUT2D eigenvalue weighted by Crippen LogP contribution is 2.32. The van der Waals surface area contributed by atoms with Gasteiger partial charge in [0.2, 0.25) is 0 Å². The van der Waals surface area contributed by atoms with Gasteiger partial charge in [0.05, 0.1) is 23.7 Å². The number of aromatic amines is 1. The molecule has 0 aliphatic heterocycles. The van der Waals surface area contributed by atoms with Crippen molar-refractivity contribution < 1.29 is 4.74 Å². The maximum absolute atomic E-state index is 5.39. The summed E-state index contributed by atoms with van der Waals surface area (Å²) in [4.78, 5) is 7.96. The minimum atomic E-state index is 0.805. The number of benzene rings is 2. The molecule has 0 fully saturated rings. The number of aromatic nitrogens is 2. The number of nitrogens with zero attached hydrogens (tertiary/aromatic N) is 1. The van der Waals surface area contributed by atoms with E-state index in [1.54, 1.807) is 7.11 Å². The number of aryl methyl sites for hydroxylation is 1. The number of imidazole rings is 1. The van der Waals surface area contributed by atoms with Gasteiger partial charge in [-0.2, -0.15) is 0 Å². The van der Waals surface area contributed by atoms with Gasteiger partial charge in [-0.05, 0) is 42.8 Å². The lowest BCUT2D eigenvalue weighted by Gasteiger charge is -2.06. The van der Waals surface area contributed by atoms with Crippen molar-refractivity contribution in [3.05, 3.63) is 46.4 Å². The van der Waals surface area contributed by atoms with E-state index in [1.165, 1.54) is 5.56 Å². The maximum Gasteiger partial charge on any atom is 0.142 e. The minimum absolute atomic E-state index is 0.805. The smallest absolute Gasteiger partial charge is 0.142 e. The number of nitrogens with one attached hydrogen (secondary N) is 1. The summed E-state index contributed by atoms with van der Waals surface area (Å²) in [5.74, 6) is 1.62. The van der Waals surface area contributed by atoms with Gasteiger partial charge in [-0.3, -0.25) is 0 Å². The molecule has 0 bridgehead atoms. The molecular weight excluding hydrogens is 304 g/mol. The Labute approximate surface area is 119 Å². The normalized spacial score (nSPS) is 10.9. The Morgan fingerprint density at radius 2 is 2.00 bits per heavy atom. The van der Waals surface area contributed by atoms with Crippen molar-refractivity contribution in [2.24, 2.45) is 0 Å². The number of methoxy groups -OCH3 is 1. The van der Waals surface area contributed by atoms with Crippen LogP contribution in [0.25, 0.3) is 22.4 Å². The second-order valence-corrected chi connectivity index (χ2v) is 5.37. The van der Waals surface area contributed by atoms with E-state index in [2.05, 4.69) is 45.0 Å². The molecule has 1 aromatic heterocycles. The van der Waals surface area contributed by atoms with E-state index < -0.39 is 0 Å². The van der Waals surface area contributed by atoms with Crippen LogP contribution in [-0.4, -0.2) is 17.1 Å². The Bertz CT molecular complexity index is 749. The number of halogens is 1. The molecule has 3 aromatic rings. The van der Waals surface area contributed by atoms with E-state index >= 15 is 0 Å². The first-order chi connectivity index (χ1) is 9.17. The Balaban J connectivity index is 2.21. The number of ether oxygens (including phenoxy) is 1. The maximum atomic E-state index is 5.39. The van der Waals surface area contributed by atoms with Gasteiger partial charge >= 0.3 is 0 Å². The fourth-order valence-electron chi connectivity index (χ4n) is 2.12. The zero-order chi connectivity index (χ0) is 13.4. The van der Waals surface area contributed by atoms with Crippen LogP contribution in [0.15, 0.2) is 40.9 Å². The lowest BCUT2D eigenvalue weighted by molar-refractivity contribution is 0.416. The Morgan fingerprint density at radius 3 is 2.79 bits per heavy atom. The van der Waals surface area contributed by atoms with Gasteiger partial charge in [-0.15, -0.1) is 0 Å². The molecule has 3 nitrogen and oxygen atoms in total. The van der Waals surface area contributed by atoms with Crippen LogP contribution in [-0.2, 0) is 0 Å². The average Bonchev–Trinajstić information content (AvgIpc) is 2.81. The van der Waals surface area contributed by atoms with Gasteiger partial charge < -0.3 is 9.72 Å². The molecule has 96 valence electrons. The van der Waals surface area contributed by atoms with E-state index in [-0.39, 0.29) is 0 Å². The Kier molecular flexibility index (Phi) is 3.03. The molecule has 0 atom stereocenters. The van der Waals surface area contributed by atoms with Crippen LogP contribution in [0.5, 0.6) is 5.75 Å². The minimum Gasteiger partial charge on any atom is -0.496 e. The van der Waals surface area contributed by atoms with Gasteiger partial charge in [0.25, 0.3) is 0 Å². The van der Waals surface area contributed by atoms with Gasteiger partial charge in [-0.25, -0.2) is 4.98 Å². The van der Waals surface area contributed by atoms with Crippen molar-refractivity contribution in [2.45, 2.75) is 6.92 Å². The summed E-state index contributed by atoms with van der Waals surface area (Å²) >= 11 is 3.48. The summed E-state index contributed by atoms with van der Waals surface area (Å²) in [6, 6.07) is 12.1. The van der Waals surface area contributed by atoms with E-state index in [9.17, 15) is 0 Å². The third-order valence-electron chi connectivity index (χ3n) is 3.05. The largest absolute Gasteiger partial charge is 0.496 e. The molecule has 0 unspecified atom stereocenters. The molecule has 0 spiro atoms. The summed E-state index contributed by atoms with van der Waals surface area (Å²) < 4.78 is 6.39. The second kappa shape index (κ2) is 4.70. The van der Waals surface area contributed by atoms with Crippen LogP contribution < -0.4 is 4.74 Å². The standard InChI is InChI=1S/C15H13BrN2O/c1-9-3-5-12-13(7-9)18-15(17-12)11-8-10(16)4-6-14(11)19-2/h3-8H,1-2H3,(H,17,18). The summed E-state index contributed by atoms with van der Waals surface area (Å²) in [7, 11) is 1.67. The predicted molar refractivity (Wildman–Crippen MR) is 80.5 cm³/mol. The molecule has 0 amide bonds. The Hall–Kier alpha value is -1.81. The van der Waals surface area contributed by atoms with Crippen LogP contribution in [0.2, 0.25) is 0 Å². The van der Waals surface area contributed by atoms with Gasteiger partial charge in [0, 0.05) is 4.47 Å². The molecule has 2 aromatic carbocycles. The summed E-state index contributed by atoms with van der Waals surface area (Å²) in [6.07, 6.45) is 0. The highest BCUT2D eigenvalue weighted by atomic mass is 79.9. The predicted octanol–water partition coefficient (Wildman–Crippen LogP) is 4.31. The fourth-order valence-corrected chi connectivity index (χ4v) is 2.48. The number of fused-ring (bicyclic) bond motifs is 1. The van der Waals surface area contributed by atoms with Crippen LogP contribution in [0.3, 0.4) is 0 Å². The fraction of sp³-hybridized carbons (Fsp3) is 0.133. The van der Waals surface area contributed by atoms with E-state index in [0.29, 0.717) is 0 Å². The quantitative estimate of drug-likeness (QED) is 0.765. The lowest BCUT2D eigenvalue weighted by atomic mass is 10.2. The van der Waals surface area contributed by atoms with Crippen molar-refractivity contribution in [1.82, 2.24) is 9.97 Å². The first-order valence-corrected chi connectivity index (χ1v) is 6.77. The first kappa shape index (κ1) is 12.2. The number of rotatable bonds is 2. The van der Waals surface area contributed by atoms with Crippen LogP contribution in [0.1, 0.15) is 5.56 Å².